The molecule has 0 aromatic carbocycles. The van der Waals surface area contributed by atoms with E-state index in [1.165, 1.54) is 10.4 Å². The van der Waals surface area contributed by atoms with Crippen LogP contribution >= 0.6 is 0 Å². The fraction of sp³-hybridized carbons (Fsp3) is 1.00. The molecule has 0 rings (SSSR count). The number of nitrogens with zero attached hydrogens (tertiary/aromatic N) is 1. The number of rotatable bonds is 1. The fourth-order valence-electron chi connectivity index (χ4n) is 0. The zero-order valence-electron chi connectivity index (χ0n) is 4.95. The van der Waals surface area contributed by atoms with Crippen LogP contribution in [0.25, 0.3) is 0 Å². The predicted octanol–water partition coefficient (Wildman–Crippen LogP) is -0.550. The highest BCUT2D eigenvalue weighted by Crippen LogP contribution is 1.78. The Bertz CT molecular complexity index is 29.8. The summed E-state index contributed by atoms with van der Waals surface area (Å²) in [6, 6.07) is 0. The maximum absolute atomic E-state index is 2.41. The molecule has 0 aliphatic heterocycles. The highest BCUT2D eigenvalue weighted by atomic mass is 28.3. The minimum Gasteiger partial charge on any atom is -0.357 e. The lowest BCUT2D eigenvalue weighted by Crippen LogP contribution is -2.26. The molecular weight excluding hydrogens is 106 g/mol. The molecule has 0 atom stereocenters. The molecule has 0 saturated carbocycles. The van der Waals surface area contributed by atoms with Crippen molar-refractivity contribution >= 4 is 19.4 Å². The molecule has 0 amide bonds. The normalized spacial score (nSPS) is 11.5. The summed E-state index contributed by atoms with van der Waals surface area (Å²) in [6.07, 6.45) is 0. The minimum atomic E-state index is -0.0566. The van der Waals surface area contributed by atoms with Gasteiger partial charge < -0.3 is 4.23 Å². The molecule has 0 aromatic rings. The summed E-state index contributed by atoms with van der Waals surface area (Å²) in [5, 5.41) is 0. The molecule has 0 bridgehead atoms. The van der Waals surface area contributed by atoms with E-state index in [0.29, 0.717) is 0 Å². The smallest absolute Gasteiger partial charge is 0.121 e. The summed E-state index contributed by atoms with van der Waals surface area (Å²) in [5.74, 6) is 0. The molecule has 0 spiro atoms. The Labute approximate surface area is 44.5 Å². The Morgan fingerprint density at radius 3 is 1.67 bits per heavy atom. The molecule has 37 valence electrons. The van der Waals surface area contributed by atoms with E-state index in [0.717, 1.165) is 0 Å². The van der Waals surface area contributed by atoms with Crippen molar-refractivity contribution in [3.05, 3.63) is 0 Å². The van der Waals surface area contributed by atoms with Gasteiger partial charge in [0.2, 0.25) is 0 Å². The average molecular weight is 118 g/mol. The second kappa shape index (κ2) is 2.55. The summed E-state index contributed by atoms with van der Waals surface area (Å²) in [5.41, 5.74) is 0. The van der Waals surface area contributed by atoms with Crippen molar-refractivity contribution in [1.29, 1.82) is 0 Å². The molecule has 0 unspecified atom stereocenters. The van der Waals surface area contributed by atoms with Crippen LogP contribution in [0.4, 0.5) is 0 Å². The van der Waals surface area contributed by atoms with Crippen molar-refractivity contribution in [1.82, 2.24) is 4.23 Å². The van der Waals surface area contributed by atoms with Gasteiger partial charge in [-0.25, -0.2) is 0 Å². The monoisotopic (exact) mass is 118 g/mol. The number of hydrogen-bond acceptors (Lipinski definition) is 1. The summed E-state index contributed by atoms with van der Waals surface area (Å²) >= 11 is 0. The fourth-order valence-corrected chi connectivity index (χ4v) is 0. The van der Waals surface area contributed by atoms with Crippen LogP contribution in [-0.2, 0) is 0 Å². The van der Waals surface area contributed by atoms with Gasteiger partial charge in [0, 0.05) is 0 Å². The topological polar surface area (TPSA) is 3.24 Å². The predicted molar refractivity (Wildman–Crippen MR) is 35.2 cm³/mol. The lowest BCUT2D eigenvalue weighted by molar-refractivity contribution is 0.849. The van der Waals surface area contributed by atoms with Gasteiger partial charge in [-0.05, 0) is 7.05 Å². The van der Waals surface area contributed by atoms with Crippen LogP contribution in [0.3, 0.4) is 0 Å². The Hall–Kier alpha value is 0.394. The first-order valence-electron chi connectivity index (χ1n) is 2.12. The molecule has 1 radical (unpaired) electrons. The lowest BCUT2D eigenvalue weighted by Gasteiger charge is -2.10. The first-order chi connectivity index (χ1) is 2.64. The summed E-state index contributed by atoms with van der Waals surface area (Å²) < 4.78 is 2.41. The standard InChI is InChI=1S/C3H12NSi2/c1-4(5)6(2)3/h1-3,5H3. The summed E-state index contributed by atoms with van der Waals surface area (Å²) in [4.78, 5) is 0. The van der Waals surface area contributed by atoms with Crippen LogP contribution in [0, 0.1) is 0 Å². The Morgan fingerprint density at radius 2 is 1.67 bits per heavy atom. The van der Waals surface area contributed by atoms with E-state index in [4.69, 9.17) is 0 Å². The van der Waals surface area contributed by atoms with Crippen molar-refractivity contribution < 1.29 is 0 Å². The van der Waals surface area contributed by atoms with Crippen molar-refractivity contribution in [2.24, 2.45) is 0 Å². The number of hydrogen-bond donors (Lipinski definition) is 0. The molecule has 0 N–H and O–H groups in total. The molecule has 0 fully saturated rings. The molecule has 1 nitrogen and oxygen atoms in total. The van der Waals surface area contributed by atoms with E-state index in [-0.39, 0.29) is 8.96 Å². The van der Waals surface area contributed by atoms with Crippen LogP contribution in [0.5, 0.6) is 0 Å². The van der Waals surface area contributed by atoms with Crippen LogP contribution in [-0.4, -0.2) is 30.6 Å². The average Bonchev–Trinajstić information content (AvgIpc) is 1.36. The van der Waals surface area contributed by atoms with E-state index in [9.17, 15) is 0 Å². The molecule has 0 aliphatic rings. The highest BCUT2D eigenvalue weighted by Gasteiger charge is 1.93. The van der Waals surface area contributed by atoms with Crippen molar-refractivity contribution in [2.75, 3.05) is 7.05 Å². The second-order valence-electron chi connectivity index (χ2n) is 1.84. The maximum Gasteiger partial charge on any atom is 0.121 e. The van der Waals surface area contributed by atoms with E-state index in [1.54, 1.807) is 0 Å². The Balaban J connectivity index is 2.99. The van der Waals surface area contributed by atoms with Gasteiger partial charge in [0.05, 0.1) is 10.4 Å². The third-order valence-electron chi connectivity index (χ3n) is 0.894. The molecule has 0 heterocycles. The SMILES string of the molecule is CN([SiH3])[Si](C)C. The van der Waals surface area contributed by atoms with Gasteiger partial charge in [-0.1, -0.05) is 13.1 Å². The zero-order valence-corrected chi connectivity index (χ0v) is 7.95. The summed E-state index contributed by atoms with van der Waals surface area (Å²) in [6.45, 7) is 4.61. The van der Waals surface area contributed by atoms with Gasteiger partial charge in [0.1, 0.15) is 8.96 Å². The van der Waals surface area contributed by atoms with Crippen LogP contribution in [0.2, 0.25) is 13.1 Å². The Morgan fingerprint density at radius 1 is 1.50 bits per heavy atom. The third-order valence-corrected chi connectivity index (χ3v) is 5.37. The van der Waals surface area contributed by atoms with Crippen molar-refractivity contribution in [3.63, 3.8) is 0 Å². The van der Waals surface area contributed by atoms with Crippen LogP contribution in [0.1, 0.15) is 0 Å². The van der Waals surface area contributed by atoms with Gasteiger partial charge in [0.15, 0.2) is 0 Å². The molecule has 0 aromatic heterocycles. The van der Waals surface area contributed by atoms with Gasteiger partial charge in [0.25, 0.3) is 0 Å². The zero-order chi connectivity index (χ0) is 5.15. The van der Waals surface area contributed by atoms with Crippen LogP contribution in [0.15, 0.2) is 0 Å². The largest absolute Gasteiger partial charge is 0.357 e. The van der Waals surface area contributed by atoms with E-state index < -0.39 is 0 Å². The van der Waals surface area contributed by atoms with E-state index in [2.05, 4.69) is 24.4 Å². The van der Waals surface area contributed by atoms with Gasteiger partial charge >= 0.3 is 0 Å². The molecule has 3 heteroatoms. The summed E-state index contributed by atoms with van der Waals surface area (Å²) in [7, 11) is 3.36. The molecular formula is C3H12NSi2. The molecule has 0 aliphatic carbocycles. The first kappa shape index (κ1) is 6.39. The van der Waals surface area contributed by atoms with Gasteiger partial charge in [-0.3, -0.25) is 0 Å². The lowest BCUT2D eigenvalue weighted by atomic mass is 11.6. The quantitative estimate of drug-likeness (QED) is 0.418. The maximum atomic E-state index is 2.41. The van der Waals surface area contributed by atoms with Gasteiger partial charge in [-0.2, -0.15) is 0 Å². The molecule has 6 heavy (non-hydrogen) atoms. The van der Waals surface area contributed by atoms with Crippen molar-refractivity contribution in [2.45, 2.75) is 13.1 Å². The molecule has 0 saturated heterocycles. The van der Waals surface area contributed by atoms with Crippen molar-refractivity contribution in [3.8, 4) is 0 Å². The van der Waals surface area contributed by atoms with Gasteiger partial charge in [-0.15, -0.1) is 0 Å². The minimum absolute atomic E-state index is 0.0566. The third kappa shape index (κ3) is 2.62. The van der Waals surface area contributed by atoms with E-state index >= 15 is 0 Å². The van der Waals surface area contributed by atoms with Crippen LogP contribution < -0.4 is 0 Å². The second-order valence-corrected chi connectivity index (χ2v) is 6.87. The highest BCUT2D eigenvalue weighted by molar-refractivity contribution is 6.58. The Kier molecular flexibility index (Phi) is 2.71. The first-order valence-corrected chi connectivity index (χ1v) is 5.46. The van der Waals surface area contributed by atoms with E-state index in [1.807, 2.05) is 0 Å².